The summed E-state index contributed by atoms with van der Waals surface area (Å²) in [5.41, 5.74) is 0.668. The average Bonchev–Trinajstić information content (AvgIpc) is 2.71. The number of nitrogens with zero attached hydrogens (tertiary/aromatic N) is 1. The van der Waals surface area contributed by atoms with Crippen LogP contribution in [0.1, 0.15) is 44.2 Å². The number of benzene rings is 1. The lowest BCUT2D eigenvalue weighted by Crippen LogP contribution is -2.31. The molecule has 1 aliphatic heterocycles. The Morgan fingerprint density at radius 3 is 2.70 bits per heavy atom. The van der Waals surface area contributed by atoms with E-state index in [4.69, 9.17) is 0 Å². The zero-order valence-electron chi connectivity index (χ0n) is 15.6. The second-order valence-corrected chi connectivity index (χ2v) is 9.24. The number of halogens is 1. The van der Waals surface area contributed by atoms with Gasteiger partial charge in [-0.1, -0.05) is 13.8 Å². The maximum Gasteiger partial charge on any atom is 0.326 e. The first-order chi connectivity index (χ1) is 12.7. The molecule has 3 N–H and O–H groups in total. The summed E-state index contributed by atoms with van der Waals surface area (Å²) in [6.07, 6.45) is 3.67. The van der Waals surface area contributed by atoms with Gasteiger partial charge in [-0.2, -0.15) is 8.42 Å². The van der Waals surface area contributed by atoms with E-state index < -0.39 is 39.9 Å². The Kier molecular flexibility index (Phi) is 5.62. The molecule has 0 radical (unpaired) electrons. The minimum absolute atomic E-state index is 0.250. The van der Waals surface area contributed by atoms with Crippen LogP contribution in [0.15, 0.2) is 6.07 Å². The molecule has 1 amide bonds. The highest BCUT2D eigenvalue weighted by Crippen LogP contribution is 2.39. The number of fused-ring (bicyclic) bond motifs is 1. The van der Waals surface area contributed by atoms with Gasteiger partial charge in [-0.25, -0.2) is 13.4 Å². The molecule has 7 nitrogen and oxygen atoms in total. The molecular weight excluding hydrogens is 373 g/mol. The van der Waals surface area contributed by atoms with Crippen molar-refractivity contribution in [3.63, 3.8) is 0 Å². The number of hydrogen-bond donors (Lipinski definition) is 3. The molecular formula is C18H26FN3O4S. The Morgan fingerprint density at radius 2 is 2.07 bits per heavy atom. The number of hydrogen-bond acceptors (Lipinski definition) is 5. The number of amides is 1. The van der Waals surface area contributed by atoms with Crippen LogP contribution in [0.4, 0.5) is 10.1 Å². The van der Waals surface area contributed by atoms with Crippen LogP contribution in [0.2, 0.25) is 0 Å². The third-order valence-electron chi connectivity index (χ3n) is 5.14. The van der Waals surface area contributed by atoms with Crippen molar-refractivity contribution in [2.45, 2.75) is 52.0 Å². The lowest BCUT2D eigenvalue weighted by Gasteiger charge is -2.20. The van der Waals surface area contributed by atoms with Gasteiger partial charge >= 0.3 is 10.2 Å². The molecule has 1 saturated heterocycles. The van der Waals surface area contributed by atoms with Gasteiger partial charge in [0, 0.05) is 6.04 Å². The molecule has 0 bridgehead atoms. The summed E-state index contributed by atoms with van der Waals surface area (Å²) < 4.78 is 41.7. The first-order valence-electron chi connectivity index (χ1n) is 9.29. The van der Waals surface area contributed by atoms with Crippen LogP contribution in [-0.4, -0.2) is 38.6 Å². The van der Waals surface area contributed by atoms with Crippen molar-refractivity contribution < 1.29 is 22.7 Å². The number of aryl methyl sites for hydroxylation is 1. The van der Waals surface area contributed by atoms with Crippen LogP contribution >= 0.6 is 0 Å². The van der Waals surface area contributed by atoms with Gasteiger partial charge in [-0.05, 0) is 61.8 Å². The zero-order chi connectivity index (χ0) is 19.8. The van der Waals surface area contributed by atoms with Crippen molar-refractivity contribution in [2.24, 2.45) is 5.92 Å². The molecule has 1 fully saturated rings. The number of phenolic OH excluding ortho intramolecular Hbond substituents is 1. The number of rotatable bonds is 5. The summed E-state index contributed by atoms with van der Waals surface area (Å²) in [5, 5.41) is 13.8. The molecule has 27 heavy (non-hydrogen) atoms. The molecule has 1 aromatic rings. The summed E-state index contributed by atoms with van der Waals surface area (Å²) in [6.45, 7) is 4.69. The van der Waals surface area contributed by atoms with E-state index in [9.17, 15) is 18.3 Å². The van der Waals surface area contributed by atoms with Crippen LogP contribution in [0.3, 0.4) is 0 Å². The predicted molar refractivity (Wildman–Crippen MR) is 100 cm³/mol. The van der Waals surface area contributed by atoms with E-state index in [1.54, 1.807) is 4.72 Å². The van der Waals surface area contributed by atoms with Gasteiger partial charge in [0.15, 0.2) is 5.82 Å². The second kappa shape index (κ2) is 7.63. The minimum Gasteiger partial charge on any atom is -0.506 e. The number of phenols is 1. The minimum atomic E-state index is -4.18. The van der Waals surface area contributed by atoms with E-state index in [0.29, 0.717) is 34.2 Å². The summed E-state index contributed by atoms with van der Waals surface area (Å²) in [5.74, 6) is -1.36. The fourth-order valence-electron chi connectivity index (χ4n) is 3.67. The van der Waals surface area contributed by atoms with Crippen LogP contribution in [0, 0.1) is 11.7 Å². The fraction of sp³-hybridized carbons (Fsp3) is 0.611. The smallest absolute Gasteiger partial charge is 0.326 e. The first kappa shape index (κ1) is 19.9. The third kappa shape index (κ3) is 4.19. The molecule has 1 heterocycles. The van der Waals surface area contributed by atoms with Crippen molar-refractivity contribution in [2.75, 3.05) is 17.4 Å². The van der Waals surface area contributed by atoms with Gasteiger partial charge in [-0.3, -0.25) is 4.79 Å². The normalized spacial score (nSPS) is 21.9. The van der Waals surface area contributed by atoms with Crippen molar-refractivity contribution in [3.05, 3.63) is 23.0 Å². The van der Waals surface area contributed by atoms with Gasteiger partial charge in [0.1, 0.15) is 18.0 Å². The van der Waals surface area contributed by atoms with Crippen molar-refractivity contribution in [3.8, 4) is 5.75 Å². The number of anilines is 1. The maximum atomic E-state index is 15.2. The second-order valence-electron chi connectivity index (χ2n) is 7.64. The highest BCUT2D eigenvalue weighted by Gasteiger charge is 2.38. The SMILES string of the molecule is CC(C)CCNC1CCc2cc(O)c(N3CC(=O)NS3(=O)=O)c(F)c2CC1. The summed E-state index contributed by atoms with van der Waals surface area (Å²) in [4.78, 5) is 11.5. The van der Waals surface area contributed by atoms with Crippen LogP contribution in [0.25, 0.3) is 0 Å². The van der Waals surface area contributed by atoms with Gasteiger partial charge in [0.2, 0.25) is 0 Å². The van der Waals surface area contributed by atoms with E-state index in [1.165, 1.54) is 6.07 Å². The number of carbonyl (C=O) groups excluding carboxylic acids is 1. The van der Waals surface area contributed by atoms with E-state index in [-0.39, 0.29) is 6.04 Å². The molecule has 0 saturated carbocycles. The molecule has 1 aliphatic carbocycles. The van der Waals surface area contributed by atoms with Crippen molar-refractivity contribution in [1.29, 1.82) is 0 Å². The van der Waals surface area contributed by atoms with Crippen LogP contribution < -0.4 is 14.3 Å². The van der Waals surface area contributed by atoms with Gasteiger partial charge in [-0.15, -0.1) is 0 Å². The summed E-state index contributed by atoms with van der Waals surface area (Å²) in [7, 11) is -4.18. The van der Waals surface area contributed by atoms with Gasteiger partial charge < -0.3 is 10.4 Å². The molecule has 0 aromatic heterocycles. The van der Waals surface area contributed by atoms with E-state index in [1.807, 2.05) is 0 Å². The molecule has 0 spiro atoms. The highest BCUT2D eigenvalue weighted by molar-refractivity contribution is 7.92. The lowest BCUT2D eigenvalue weighted by atomic mass is 10.0. The van der Waals surface area contributed by atoms with Crippen LogP contribution in [-0.2, 0) is 27.8 Å². The van der Waals surface area contributed by atoms with Gasteiger partial charge in [0.05, 0.1) is 0 Å². The third-order valence-corrected chi connectivity index (χ3v) is 6.52. The Balaban J connectivity index is 1.84. The topological polar surface area (TPSA) is 98.7 Å². The molecule has 1 aromatic carbocycles. The summed E-state index contributed by atoms with van der Waals surface area (Å²) >= 11 is 0. The van der Waals surface area contributed by atoms with Crippen LogP contribution in [0.5, 0.6) is 5.75 Å². The highest BCUT2D eigenvalue weighted by atomic mass is 32.2. The molecule has 3 rings (SSSR count). The van der Waals surface area contributed by atoms with Gasteiger partial charge in [0.25, 0.3) is 5.91 Å². The van der Waals surface area contributed by atoms with E-state index >= 15 is 4.39 Å². The molecule has 2 aliphatic rings. The number of aromatic hydroxyl groups is 1. The monoisotopic (exact) mass is 399 g/mol. The quantitative estimate of drug-likeness (QED) is 0.653. The van der Waals surface area contributed by atoms with E-state index in [0.717, 1.165) is 25.8 Å². The Labute approximate surface area is 159 Å². The Bertz CT molecular complexity index is 841. The Morgan fingerprint density at radius 1 is 1.37 bits per heavy atom. The first-order valence-corrected chi connectivity index (χ1v) is 10.7. The standard InChI is InChI=1S/C18H26FN3O4S/c1-11(2)7-8-20-13-4-3-12-9-15(23)18(17(19)14(12)6-5-13)22-10-16(24)21-27(22,25)26/h9,11,13,20,23H,3-8,10H2,1-2H3,(H,21,24). The fourth-order valence-corrected chi connectivity index (χ4v) is 4.83. The van der Waals surface area contributed by atoms with Crippen molar-refractivity contribution >= 4 is 21.8 Å². The van der Waals surface area contributed by atoms with Crippen molar-refractivity contribution in [1.82, 2.24) is 10.0 Å². The zero-order valence-corrected chi connectivity index (χ0v) is 16.4. The summed E-state index contributed by atoms with van der Waals surface area (Å²) in [6, 6.07) is 1.68. The number of nitrogens with one attached hydrogen (secondary N) is 2. The Hall–Kier alpha value is -1.87. The lowest BCUT2D eigenvalue weighted by molar-refractivity contribution is -0.117. The molecule has 150 valence electrons. The molecule has 1 unspecified atom stereocenters. The molecule has 1 atom stereocenters. The maximum absolute atomic E-state index is 15.2. The number of carbonyl (C=O) groups is 1. The largest absolute Gasteiger partial charge is 0.506 e. The predicted octanol–water partition coefficient (Wildman–Crippen LogP) is 1.60. The average molecular weight is 399 g/mol. The molecule has 9 heteroatoms. The van der Waals surface area contributed by atoms with E-state index in [2.05, 4.69) is 19.2 Å².